The second-order valence-electron chi connectivity index (χ2n) is 12.2. The van der Waals surface area contributed by atoms with Crippen LogP contribution in [0.4, 0.5) is 5.69 Å². The number of ether oxygens (including phenoxy) is 1. The Labute approximate surface area is 261 Å². The topological polar surface area (TPSA) is 92.7 Å². The predicted octanol–water partition coefficient (Wildman–Crippen LogP) is 6.68. The number of benzene rings is 2. The smallest absolute Gasteiger partial charge is 0.246 e. The Morgan fingerprint density at radius 2 is 1.64 bits per heavy atom. The van der Waals surface area contributed by atoms with Gasteiger partial charge in [0.2, 0.25) is 17.8 Å². The summed E-state index contributed by atoms with van der Waals surface area (Å²) in [4.78, 5) is 44.3. The summed E-state index contributed by atoms with van der Waals surface area (Å²) in [5, 5.41) is 2.80. The minimum absolute atomic E-state index is 0.0141. The second-order valence-corrected chi connectivity index (χ2v) is 12.2. The molecule has 0 aromatic heterocycles. The first-order valence-corrected chi connectivity index (χ1v) is 16.7. The average Bonchev–Trinajstić information content (AvgIpc) is 3.41. The van der Waals surface area contributed by atoms with Gasteiger partial charge in [0.25, 0.3) is 0 Å². The third-order valence-corrected chi connectivity index (χ3v) is 8.69. The van der Waals surface area contributed by atoms with Gasteiger partial charge in [-0.3, -0.25) is 14.9 Å². The number of hydrogen-bond acceptors (Lipinski definition) is 7. The van der Waals surface area contributed by atoms with Gasteiger partial charge < -0.3 is 19.4 Å². The van der Waals surface area contributed by atoms with Crippen molar-refractivity contribution in [3.05, 3.63) is 54.1 Å². The van der Waals surface area contributed by atoms with E-state index in [-0.39, 0.29) is 5.91 Å². The molecule has 2 aromatic rings. The molecule has 9 heteroatoms. The largest absolute Gasteiger partial charge is 0.494 e. The highest BCUT2D eigenvalue weighted by Crippen LogP contribution is 2.30. The number of unbranched alkanes of at least 4 members (excludes halogenated alkanes) is 6. The number of nitrogens with one attached hydrogen (secondary N) is 1. The number of amides is 2. The van der Waals surface area contributed by atoms with Crippen molar-refractivity contribution in [1.29, 1.82) is 0 Å². The van der Waals surface area contributed by atoms with E-state index in [9.17, 15) is 9.59 Å². The summed E-state index contributed by atoms with van der Waals surface area (Å²) in [6, 6.07) is 15.9. The molecule has 2 heterocycles. The highest BCUT2D eigenvalue weighted by atomic mass is 17.2. The highest BCUT2D eigenvalue weighted by molar-refractivity contribution is 6.05. The summed E-state index contributed by atoms with van der Waals surface area (Å²) >= 11 is 0. The zero-order chi connectivity index (χ0) is 30.4. The van der Waals surface area contributed by atoms with E-state index >= 15 is 0 Å². The third kappa shape index (κ3) is 9.71. The molecule has 0 radical (unpaired) electrons. The number of para-hydroxylation sites is 1. The fourth-order valence-corrected chi connectivity index (χ4v) is 6.28. The number of fused-ring (bicyclic) bond motifs is 2. The van der Waals surface area contributed by atoms with E-state index < -0.39 is 0 Å². The number of rotatable bonds is 18. The quantitative estimate of drug-likeness (QED) is 0.116. The van der Waals surface area contributed by atoms with Gasteiger partial charge in [0.15, 0.2) is 5.75 Å². The molecule has 1 aliphatic carbocycles. The third-order valence-electron chi connectivity index (χ3n) is 8.69. The van der Waals surface area contributed by atoms with E-state index in [1.54, 1.807) is 0 Å². The normalized spacial score (nSPS) is 16.1. The summed E-state index contributed by atoms with van der Waals surface area (Å²) < 4.78 is 6.02. The average molecular weight is 605 g/mol. The van der Waals surface area contributed by atoms with Crippen molar-refractivity contribution in [2.75, 3.05) is 26.3 Å². The highest BCUT2D eigenvalue weighted by Gasteiger charge is 2.29. The van der Waals surface area contributed by atoms with Crippen molar-refractivity contribution in [3.63, 3.8) is 0 Å². The second kappa shape index (κ2) is 17.0. The summed E-state index contributed by atoms with van der Waals surface area (Å²) in [6.45, 7) is 3.12. The number of guanidine groups is 1. The van der Waals surface area contributed by atoms with Gasteiger partial charge in [0.05, 0.1) is 18.9 Å². The van der Waals surface area contributed by atoms with E-state index in [2.05, 4.69) is 15.2 Å². The van der Waals surface area contributed by atoms with Crippen LogP contribution in [0.3, 0.4) is 0 Å². The minimum atomic E-state index is -0.0141. The Balaban J connectivity index is 0.936. The number of hydrogen-bond donors (Lipinski definition) is 1. The Kier molecular flexibility index (Phi) is 12.3. The molecule has 9 nitrogen and oxygen atoms in total. The van der Waals surface area contributed by atoms with Gasteiger partial charge in [-0.25, -0.2) is 4.99 Å². The van der Waals surface area contributed by atoms with Crippen LogP contribution >= 0.6 is 0 Å². The number of carbonyl (C=O) groups excluding carboxylic acids is 2. The van der Waals surface area contributed by atoms with E-state index in [4.69, 9.17) is 14.5 Å². The Morgan fingerprint density at radius 1 is 0.864 bits per heavy atom. The molecule has 3 aliphatic rings. The van der Waals surface area contributed by atoms with Crippen LogP contribution < -0.4 is 14.9 Å². The lowest BCUT2D eigenvalue weighted by Gasteiger charge is -2.34. The Bertz CT molecular complexity index is 1230. The molecule has 0 bridgehead atoms. The zero-order valence-electron chi connectivity index (χ0n) is 26.0. The fourth-order valence-electron chi connectivity index (χ4n) is 6.28. The van der Waals surface area contributed by atoms with Gasteiger partial charge in [-0.2, -0.15) is 4.89 Å². The number of nitrogens with zero attached hydrogens (tertiary/aromatic N) is 3. The van der Waals surface area contributed by atoms with Crippen molar-refractivity contribution < 1.29 is 24.1 Å². The van der Waals surface area contributed by atoms with Crippen LogP contribution in [0.25, 0.3) is 0 Å². The number of carbonyl (C=O) groups is 2. The molecule has 2 fully saturated rings. The maximum absolute atomic E-state index is 13.3. The molecule has 44 heavy (non-hydrogen) atoms. The maximum atomic E-state index is 13.3. The van der Waals surface area contributed by atoms with Gasteiger partial charge in [-0.1, -0.05) is 63.1 Å². The van der Waals surface area contributed by atoms with Gasteiger partial charge in [0.1, 0.15) is 12.3 Å². The van der Waals surface area contributed by atoms with E-state index in [1.165, 1.54) is 19.3 Å². The molecule has 2 aliphatic heterocycles. The van der Waals surface area contributed by atoms with Crippen molar-refractivity contribution in [2.45, 2.75) is 102 Å². The number of aliphatic imine (C=N–C) groups is 1. The van der Waals surface area contributed by atoms with E-state index in [0.717, 1.165) is 93.5 Å². The van der Waals surface area contributed by atoms with E-state index in [0.29, 0.717) is 50.6 Å². The van der Waals surface area contributed by atoms with Crippen LogP contribution in [0.15, 0.2) is 53.5 Å². The Hall–Kier alpha value is -3.59. The molecule has 0 spiro atoms. The SMILES string of the molecule is O=C1CN2Cc3cc(OCCCCCCC(=O)N(CCCCCCOOc4ccccc4)C4CCCCC4)ccc3N=C2N1. The van der Waals surface area contributed by atoms with Crippen molar-refractivity contribution in [3.8, 4) is 11.5 Å². The lowest BCUT2D eigenvalue weighted by Crippen LogP contribution is -2.42. The molecule has 0 atom stereocenters. The molecular formula is C35H48N4O5. The van der Waals surface area contributed by atoms with Crippen molar-refractivity contribution in [2.24, 2.45) is 4.99 Å². The Morgan fingerprint density at radius 3 is 2.48 bits per heavy atom. The molecule has 238 valence electrons. The van der Waals surface area contributed by atoms with Gasteiger partial charge in [-0.05, 0) is 68.9 Å². The van der Waals surface area contributed by atoms with Gasteiger partial charge in [-0.15, -0.1) is 0 Å². The molecule has 2 aromatic carbocycles. The van der Waals surface area contributed by atoms with Gasteiger partial charge in [0, 0.05) is 31.1 Å². The molecule has 1 saturated carbocycles. The lowest BCUT2D eigenvalue weighted by atomic mass is 9.93. The van der Waals surface area contributed by atoms with Crippen LogP contribution in [0, 0.1) is 0 Å². The minimum Gasteiger partial charge on any atom is -0.494 e. The summed E-state index contributed by atoms with van der Waals surface area (Å²) in [5.41, 5.74) is 1.96. The molecule has 1 saturated heterocycles. The van der Waals surface area contributed by atoms with Crippen LogP contribution in [-0.4, -0.2) is 59.9 Å². The van der Waals surface area contributed by atoms with E-state index in [1.807, 2.05) is 53.4 Å². The first-order chi connectivity index (χ1) is 21.7. The molecule has 0 unspecified atom stereocenters. The summed E-state index contributed by atoms with van der Waals surface area (Å²) in [5.74, 6) is 2.53. The fraction of sp³-hybridized carbons (Fsp3) is 0.571. The van der Waals surface area contributed by atoms with Crippen LogP contribution in [0.5, 0.6) is 11.5 Å². The van der Waals surface area contributed by atoms with Crippen LogP contribution in [-0.2, 0) is 21.0 Å². The zero-order valence-corrected chi connectivity index (χ0v) is 26.0. The van der Waals surface area contributed by atoms with Gasteiger partial charge >= 0.3 is 0 Å². The maximum Gasteiger partial charge on any atom is 0.246 e. The summed E-state index contributed by atoms with van der Waals surface area (Å²) in [6.07, 6.45) is 14.9. The van der Waals surface area contributed by atoms with Crippen LogP contribution in [0.2, 0.25) is 0 Å². The first kappa shape index (κ1) is 31.8. The lowest BCUT2D eigenvalue weighted by molar-refractivity contribution is -0.207. The molecular weight excluding hydrogens is 556 g/mol. The standard InChI is InChI=1S/C35H48N4O5/c40-33-27-38-26-28-25-31(20-21-32(28)36-35(38)37-33)42-23-13-3-1-11-19-34(41)39(29-15-7-5-8-16-29)22-12-2-4-14-24-43-44-30-17-9-6-10-18-30/h6,9-10,17-18,20-21,25,29H,1-5,7-8,11-16,19,22-24,26-27H2,(H,36,37,40). The van der Waals surface area contributed by atoms with Crippen LogP contribution in [0.1, 0.15) is 95.5 Å². The molecule has 1 N–H and O–H groups in total. The first-order valence-electron chi connectivity index (χ1n) is 16.7. The van der Waals surface area contributed by atoms with Crippen molar-refractivity contribution >= 4 is 23.5 Å². The monoisotopic (exact) mass is 604 g/mol. The van der Waals surface area contributed by atoms with Crippen molar-refractivity contribution in [1.82, 2.24) is 15.1 Å². The molecule has 2 amide bonds. The molecule has 5 rings (SSSR count). The predicted molar refractivity (Wildman–Crippen MR) is 171 cm³/mol. The summed E-state index contributed by atoms with van der Waals surface area (Å²) in [7, 11) is 0.